The highest BCUT2D eigenvalue weighted by Gasteiger charge is 2.14. The van der Waals surface area contributed by atoms with Crippen molar-refractivity contribution < 1.29 is 9.18 Å². The van der Waals surface area contributed by atoms with E-state index in [1.54, 1.807) is 6.20 Å². The summed E-state index contributed by atoms with van der Waals surface area (Å²) < 4.78 is 15.4. The standard InChI is InChI=1S/C16H15FN4O2S/c1-21-10(8-19-16(21)24-2)7-18-15(23)12-6-14(22)20-13-4-3-9(17)5-11(12)13/h3-6,8H,7H2,1-2H3,(H,18,23)(H,20,22). The van der Waals surface area contributed by atoms with Crippen molar-refractivity contribution in [3.8, 4) is 0 Å². The van der Waals surface area contributed by atoms with Gasteiger partial charge in [0.25, 0.3) is 5.91 Å². The predicted molar refractivity (Wildman–Crippen MR) is 90.7 cm³/mol. The SMILES string of the molecule is CSc1ncc(CNC(=O)c2cc(=O)[nH]c3ccc(F)cc23)n1C. The molecule has 2 aromatic heterocycles. The van der Waals surface area contributed by atoms with Gasteiger partial charge in [0.15, 0.2) is 5.16 Å². The van der Waals surface area contributed by atoms with E-state index in [1.165, 1.54) is 36.0 Å². The van der Waals surface area contributed by atoms with E-state index in [4.69, 9.17) is 0 Å². The number of nitrogens with zero attached hydrogens (tertiary/aromatic N) is 2. The number of amides is 1. The molecule has 0 radical (unpaired) electrons. The van der Waals surface area contributed by atoms with E-state index in [2.05, 4.69) is 15.3 Å². The summed E-state index contributed by atoms with van der Waals surface area (Å²) in [6.07, 6.45) is 3.60. The molecule has 0 fully saturated rings. The number of H-pyrrole nitrogens is 1. The van der Waals surface area contributed by atoms with E-state index in [0.29, 0.717) is 10.9 Å². The minimum absolute atomic E-state index is 0.139. The largest absolute Gasteiger partial charge is 0.346 e. The molecule has 0 unspecified atom stereocenters. The first-order valence-corrected chi connectivity index (χ1v) is 8.37. The molecule has 3 rings (SSSR count). The summed E-state index contributed by atoms with van der Waals surface area (Å²) in [6.45, 7) is 0.256. The first kappa shape index (κ1) is 16.3. The molecular weight excluding hydrogens is 331 g/mol. The van der Waals surface area contributed by atoms with Crippen LogP contribution in [0, 0.1) is 5.82 Å². The summed E-state index contributed by atoms with van der Waals surface area (Å²) in [4.78, 5) is 31.0. The van der Waals surface area contributed by atoms with Gasteiger partial charge >= 0.3 is 0 Å². The molecular formula is C16H15FN4O2S. The zero-order chi connectivity index (χ0) is 17.3. The Labute approximate surface area is 141 Å². The number of carbonyl (C=O) groups is 1. The van der Waals surface area contributed by atoms with Crippen LogP contribution in [0.5, 0.6) is 0 Å². The zero-order valence-electron chi connectivity index (χ0n) is 13.1. The highest BCUT2D eigenvalue weighted by atomic mass is 32.2. The van der Waals surface area contributed by atoms with Crippen LogP contribution in [0.1, 0.15) is 16.1 Å². The Balaban J connectivity index is 1.89. The number of halogens is 1. The summed E-state index contributed by atoms with van der Waals surface area (Å²) >= 11 is 1.50. The quantitative estimate of drug-likeness (QED) is 0.709. The molecule has 0 spiro atoms. The molecule has 0 atom stereocenters. The second kappa shape index (κ2) is 6.48. The van der Waals surface area contributed by atoms with Crippen LogP contribution < -0.4 is 10.9 Å². The molecule has 1 aromatic carbocycles. The Morgan fingerprint density at radius 3 is 2.92 bits per heavy atom. The number of rotatable bonds is 4. The van der Waals surface area contributed by atoms with Crippen LogP contribution in [0.15, 0.2) is 40.4 Å². The number of aromatic amines is 1. The molecule has 0 aliphatic carbocycles. The van der Waals surface area contributed by atoms with Gasteiger partial charge in [-0.25, -0.2) is 9.37 Å². The fourth-order valence-corrected chi connectivity index (χ4v) is 3.01. The Bertz CT molecular complexity index is 980. The van der Waals surface area contributed by atoms with Gasteiger partial charge in [-0.05, 0) is 24.5 Å². The Morgan fingerprint density at radius 1 is 1.42 bits per heavy atom. The van der Waals surface area contributed by atoms with Gasteiger partial charge in [0, 0.05) is 24.0 Å². The van der Waals surface area contributed by atoms with E-state index in [9.17, 15) is 14.0 Å². The average molecular weight is 346 g/mol. The fourth-order valence-electron chi connectivity index (χ4n) is 2.46. The van der Waals surface area contributed by atoms with Crippen molar-refractivity contribution in [1.29, 1.82) is 0 Å². The maximum atomic E-state index is 13.5. The lowest BCUT2D eigenvalue weighted by atomic mass is 10.1. The molecule has 8 heteroatoms. The lowest BCUT2D eigenvalue weighted by Crippen LogP contribution is -2.25. The number of carbonyl (C=O) groups excluding carboxylic acids is 1. The normalized spacial score (nSPS) is 11.0. The molecule has 1 amide bonds. The lowest BCUT2D eigenvalue weighted by Gasteiger charge is -2.09. The van der Waals surface area contributed by atoms with Crippen LogP contribution >= 0.6 is 11.8 Å². The molecule has 24 heavy (non-hydrogen) atoms. The Hall–Kier alpha value is -2.61. The summed E-state index contributed by atoms with van der Waals surface area (Å²) in [5, 5.41) is 3.95. The minimum Gasteiger partial charge on any atom is -0.346 e. The molecule has 0 saturated carbocycles. The molecule has 0 bridgehead atoms. The van der Waals surface area contributed by atoms with Crippen LogP contribution in [0.2, 0.25) is 0 Å². The number of fused-ring (bicyclic) bond motifs is 1. The van der Waals surface area contributed by atoms with Gasteiger partial charge in [-0.2, -0.15) is 0 Å². The summed E-state index contributed by atoms with van der Waals surface area (Å²) in [5.74, 6) is -0.913. The third kappa shape index (κ3) is 3.05. The summed E-state index contributed by atoms with van der Waals surface area (Å²) in [7, 11) is 1.86. The molecule has 3 aromatic rings. The minimum atomic E-state index is -0.472. The van der Waals surface area contributed by atoms with Crippen molar-refractivity contribution in [2.45, 2.75) is 11.7 Å². The van der Waals surface area contributed by atoms with Gasteiger partial charge in [0.2, 0.25) is 5.56 Å². The summed E-state index contributed by atoms with van der Waals surface area (Å²) in [5.41, 5.74) is 0.970. The second-order valence-corrected chi connectivity index (χ2v) is 5.99. The molecule has 0 saturated heterocycles. The van der Waals surface area contributed by atoms with Crippen LogP contribution in [0.25, 0.3) is 10.9 Å². The molecule has 0 aliphatic heterocycles. The van der Waals surface area contributed by atoms with Crippen LogP contribution in [-0.4, -0.2) is 26.7 Å². The Kier molecular flexibility index (Phi) is 4.39. The second-order valence-electron chi connectivity index (χ2n) is 5.22. The van der Waals surface area contributed by atoms with Crippen molar-refractivity contribution >= 4 is 28.6 Å². The predicted octanol–water partition coefficient (Wildman–Crippen LogP) is 2.05. The molecule has 2 heterocycles. The van der Waals surface area contributed by atoms with Gasteiger partial charge in [-0.15, -0.1) is 0 Å². The van der Waals surface area contributed by atoms with E-state index in [0.717, 1.165) is 10.9 Å². The average Bonchev–Trinajstić information content (AvgIpc) is 2.92. The van der Waals surface area contributed by atoms with Gasteiger partial charge in [0.1, 0.15) is 5.82 Å². The highest BCUT2D eigenvalue weighted by Crippen LogP contribution is 2.17. The molecule has 2 N–H and O–H groups in total. The maximum absolute atomic E-state index is 13.5. The van der Waals surface area contributed by atoms with E-state index in [-0.39, 0.29) is 12.1 Å². The maximum Gasteiger partial charge on any atom is 0.252 e. The molecule has 124 valence electrons. The number of thioether (sulfide) groups is 1. The van der Waals surface area contributed by atoms with E-state index >= 15 is 0 Å². The van der Waals surface area contributed by atoms with Gasteiger partial charge in [-0.1, -0.05) is 11.8 Å². The molecule has 6 nitrogen and oxygen atoms in total. The third-order valence-electron chi connectivity index (χ3n) is 3.70. The van der Waals surface area contributed by atoms with Crippen LogP contribution in [-0.2, 0) is 13.6 Å². The summed E-state index contributed by atoms with van der Waals surface area (Å²) in [6, 6.07) is 5.08. The number of hydrogen-bond donors (Lipinski definition) is 2. The van der Waals surface area contributed by atoms with E-state index in [1.807, 2.05) is 17.9 Å². The van der Waals surface area contributed by atoms with Crippen LogP contribution in [0.3, 0.4) is 0 Å². The van der Waals surface area contributed by atoms with Gasteiger partial charge < -0.3 is 14.9 Å². The first-order valence-electron chi connectivity index (χ1n) is 7.15. The number of pyridine rings is 1. The van der Waals surface area contributed by atoms with Crippen molar-refractivity contribution in [1.82, 2.24) is 19.9 Å². The number of nitrogens with one attached hydrogen (secondary N) is 2. The molecule has 0 aliphatic rings. The monoisotopic (exact) mass is 346 g/mol. The van der Waals surface area contributed by atoms with Crippen molar-refractivity contribution in [3.05, 3.63) is 57.9 Å². The van der Waals surface area contributed by atoms with Crippen molar-refractivity contribution in [2.24, 2.45) is 7.05 Å². The number of aromatic nitrogens is 3. The van der Waals surface area contributed by atoms with Crippen molar-refractivity contribution in [2.75, 3.05) is 6.26 Å². The number of hydrogen-bond acceptors (Lipinski definition) is 4. The van der Waals surface area contributed by atoms with Gasteiger partial charge in [-0.3, -0.25) is 9.59 Å². The Morgan fingerprint density at radius 2 is 2.21 bits per heavy atom. The zero-order valence-corrected chi connectivity index (χ0v) is 13.9. The lowest BCUT2D eigenvalue weighted by molar-refractivity contribution is 0.0951. The van der Waals surface area contributed by atoms with Crippen molar-refractivity contribution in [3.63, 3.8) is 0 Å². The van der Waals surface area contributed by atoms with E-state index < -0.39 is 17.3 Å². The highest BCUT2D eigenvalue weighted by molar-refractivity contribution is 7.98. The topological polar surface area (TPSA) is 79.8 Å². The first-order chi connectivity index (χ1) is 11.5. The van der Waals surface area contributed by atoms with Crippen LogP contribution in [0.4, 0.5) is 4.39 Å². The smallest absolute Gasteiger partial charge is 0.252 e. The number of imidazole rings is 1. The fraction of sp³-hybridized carbons (Fsp3) is 0.188. The number of benzene rings is 1. The van der Waals surface area contributed by atoms with Gasteiger partial charge in [0.05, 0.1) is 24.0 Å². The third-order valence-corrected chi connectivity index (χ3v) is 4.45.